The highest BCUT2D eigenvalue weighted by atomic mass is 28.4. The first-order valence-electron chi connectivity index (χ1n) is 9.19. The Morgan fingerprint density at radius 1 is 1.27 bits per heavy atom. The summed E-state index contributed by atoms with van der Waals surface area (Å²) >= 11 is 0. The molecule has 0 fully saturated rings. The molecule has 0 radical (unpaired) electrons. The zero-order chi connectivity index (χ0) is 20.3. The number of aliphatic hydroxyl groups is 1. The Kier molecular flexibility index (Phi) is 7.49. The van der Waals surface area contributed by atoms with E-state index in [0.29, 0.717) is 13.2 Å². The predicted molar refractivity (Wildman–Crippen MR) is 106 cm³/mol. The van der Waals surface area contributed by atoms with Gasteiger partial charge in [0.25, 0.3) is 0 Å². The van der Waals surface area contributed by atoms with Gasteiger partial charge in [0.2, 0.25) is 0 Å². The van der Waals surface area contributed by atoms with Crippen LogP contribution < -0.4 is 0 Å². The molecule has 1 rings (SSSR count). The summed E-state index contributed by atoms with van der Waals surface area (Å²) in [5.74, 6) is 0. The van der Waals surface area contributed by atoms with Crippen LogP contribution in [0.3, 0.4) is 0 Å². The van der Waals surface area contributed by atoms with Crippen LogP contribution in [0.25, 0.3) is 0 Å². The van der Waals surface area contributed by atoms with E-state index in [-0.39, 0.29) is 17.6 Å². The minimum atomic E-state index is -1.96. The maximum atomic E-state index is 12.6. The number of ether oxygens (including phenoxy) is 2. The van der Waals surface area contributed by atoms with Gasteiger partial charge in [-0.3, -0.25) is 4.90 Å². The lowest BCUT2D eigenvalue weighted by Gasteiger charge is -2.41. The van der Waals surface area contributed by atoms with Gasteiger partial charge in [-0.05, 0) is 44.5 Å². The average molecular weight is 388 g/mol. The lowest BCUT2D eigenvalue weighted by Crippen LogP contribution is -2.53. The highest BCUT2D eigenvalue weighted by molar-refractivity contribution is 6.74. The van der Waals surface area contributed by atoms with Crippen LogP contribution in [0.1, 0.15) is 41.5 Å². The Labute approximate surface area is 159 Å². The first kappa shape index (κ1) is 23.1. The van der Waals surface area contributed by atoms with Crippen LogP contribution in [0.15, 0.2) is 11.6 Å². The average Bonchev–Trinajstić information content (AvgIpc) is 2.44. The van der Waals surface area contributed by atoms with Crippen molar-refractivity contribution in [1.82, 2.24) is 4.90 Å². The number of nitrogens with zero attached hydrogens (tertiary/aromatic N) is 1. The molecule has 26 heavy (non-hydrogen) atoms. The van der Waals surface area contributed by atoms with Crippen LogP contribution in [0, 0.1) is 0 Å². The molecule has 2 atom stereocenters. The SMILES string of the molecule is COCC1=CC(CO[Si](C)(C)C(C)(C)C)N(C(=O)OC(C)(C)C)C[C@H]1O. The first-order valence-corrected chi connectivity index (χ1v) is 12.1. The Balaban J connectivity index is 3.02. The zero-order valence-corrected chi connectivity index (χ0v) is 18.9. The molecule has 6 nitrogen and oxygen atoms in total. The van der Waals surface area contributed by atoms with Gasteiger partial charge >= 0.3 is 6.09 Å². The van der Waals surface area contributed by atoms with Crippen molar-refractivity contribution in [3.8, 4) is 0 Å². The molecular weight excluding hydrogens is 350 g/mol. The first-order chi connectivity index (χ1) is 11.7. The Morgan fingerprint density at radius 2 is 1.85 bits per heavy atom. The Morgan fingerprint density at radius 3 is 2.31 bits per heavy atom. The van der Waals surface area contributed by atoms with Crippen molar-refractivity contribution in [3.05, 3.63) is 11.6 Å². The van der Waals surface area contributed by atoms with Crippen molar-refractivity contribution >= 4 is 14.4 Å². The molecule has 0 aliphatic carbocycles. The van der Waals surface area contributed by atoms with Crippen molar-refractivity contribution in [1.29, 1.82) is 0 Å². The lowest BCUT2D eigenvalue weighted by molar-refractivity contribution is 0.000996. The molecule has 0 aromatic heterocycles. The molecule has 0 saturated heterocycles. The van der Waals surface area contributed by atoms with E-state index in [1.807, 2.05) is 26.8 Å². The van der Waals surface area contributed by atoms with Crippen molar-refractivity contribution in [3.63, 3.8) is 0 Å². The van der Waals surface area contributed by atoms with Crippen molar-refractivity contribution in [2.45, 2.75) is 77.4 Å². The molecule has 0 spiro atoms. The normalized spacial score (nSPS) is 22.2. The largest absolute Gasteiger partial charge is 0.444 e. The van der Waals surface area contributed by atoms with E-state index in [9.17, 15) is 9.90 Å². The van der Waals surface area contributed by atoms with Gasteiger partial charge in [0.1, 0.15) is 5.60 Å². The summed E-state index contributed by atoms with van der Waals surface area (Å²) in [5.41, 5.74) is 0.180. The van der Waals surface area contributed by atoms with Crippen LogP contribution in [0.4, 0.5) is 4.79 Å². The molecular formula is C19H37NO5Si. The van der Waals surface area contributed by atoms with Crippen LogP contribution in [-0.4, -0.2) is 69.0 Å². The third kappa shape index (κ3) is 6.37. The number of methoxy groups -OCH3 is 1. The topological polar surface area (TPSA) is 68.2 Å². The molecule has 1 aliphatic heterocycles. The number of hydrogen-bond acceptors (Lipinski definition) is 5. The number of rotatable bonds is 5. The van der Waals surface area contributed by atoms with Gasteiger partial charge in [-0.1, -0.05) is 26.8 Å². The summed E-state index contributed by atoms with van der Waals surface area (Å²) in [6.07, 6.45) is 0.689. The van der Waals surface area contributed by atoms with Crippen LogP contribution in [0.5, 0.6) is 0 Å². The number of carbonyl (C=O) groups excluding carboxylic acids is 1. The van der Waals surface area contributed by atoms with Gasteiger partial charge in [-0.15, -0.1) is 0 Å². The monoisotopic (exact) mass is 387 g/mol. The van der Waals surface area contributed by atoms with Gasteiger partial charge < -0.3 is 19.0 Å². The number of hydrogen-bond donors (Lipinski definition) is 1. The van der Waals surface area contributed by atoms with Gasteiger partial charge in [0.15, 0.2) is 8.32 Å². The van der Waals surface area contributed by atoms with Gasteiger partial charge in [-0.25, -0.2) is 4.79 Å². The summed E-state index contributed by atoms with van der Waals surface area (Å²) in [6.45, 7) is 17.3. The van der Waals surface area contributed by atoms with Crippen LogP contribution in [0.2, 0.25) is 18.1 Å². The minimum Gasteiger partial charge on any atom is -0.444 e. The summed E-state index contributed by atoms with van der Waals surface area (Å²) in [7, 11) is -0.367. The number of aliphatic hydroxyl groups excluding tert-OH is 1. The Hall–Kier alpha value is -0.893. The fraction of sp³-hybridized carbons (Fsp3) is 0.842. The van der Waals surface area contributed by atoms with Crippen LogP contribution in [-0.2, 0) is 13.9 Å². The second-order valence-corrected chi connectivity index (χ2v) is 14.3. The molecule has 0 bridgehead atoms. The van der Waals surface area contributed by atoms with E-state index in [1.165, 1.54) is 0 Å². The molecule has 1 aliphatic rings. The van der Waals surface area contributed by atoms with Crippen molar-refractivity contribution in [2.75, 3.05) is 26.9 Å². The number of carbonyl (C=O) groups is 1. The van der Waals surface area contributed by atoms with E-state index in [4.69, 9.17) is 13.9 Å². The molecule has 7 heteroatoms. The summed E-state index contributed by atoms with van der Waals surface area (Å²) in [4.78, 5) is 14.2. The minimum absolute atomic E-state index is 0.0804. The van der Waals surface area contributed by atoms with Crippen molar-refractivity contribution < 1.29 is 23.8 Å². The van der Waals surface area contributed by atoms with Crippen molar-refractivity contribution in [2.24, 2.45) is 0 Å². The van der Waals surface area contributed by atoms with Gasteiger partial charge in [0, 0.05) is 7.11 Å². The maximum Gasteiger partial charge on any atom is 0.410 e. The standard InChI is InChI=1S/C19H37NO5Si/c1-18(2,3)25-17(22)20-11-16(21)14(12-23-7)10-15(20)13-24-26(8,9)19(4,5)6/h10,15-16,21H,11-13H2,1-9H3/t15?,16-/m1/s1. The molecule has 152 valence electrons. The number of β-amino-alcohol motifs (C(OH)–C–C–N with tert-alkyl or cyclic N) is 1. The molecule has 1 heterocycles. The van der Waals surface area contributed by atoms with Gasteiger partial charge in [-0.2, -0.15) is 0 Å². The molecule has 1 unspecified atom stereocenters. The molecule has 0 aromatic rings. The predicted octanol–water partition coefficient (Wildman–Crippen LogP) is 3.56. The third-order valence-electron chi connectivity index (χ3n) is 4.96. The maximum absolute atomic E-state index is 12.6. The highest BCUT2D eigenvalue weighted by Crippen LogP contribution is 2.37. The zero-order valence-electron chi connectivity index (χ0n) is 17.9. The summed E-state index contributed by atoms with van der Waals surface area (Å²) < 4.78 is 17.0. The van der Waals surface area contributed by atoms with E-state index in [0.717, 1.165) is 5.57 Å². The lowest BCUT2D eigenvalue weighted by atomic mass is 10.0. The van der Waals surface area contributed by atoms with E-state index in [2.05, 4.69) is 33.9 Å². The second-order valence-electron chi connectivity index (χ2n) is 9.46. The highest BCUT2D eigenvalue weighted by Gasteiger charge is 2.40. The van der Waals surface area contributed by atoms with E-state index in [1.54, 1.807) is 12.0 Å². The fourth-order valence-corrected chi connectivity index (χ4v) is 3.40. The third-order valence-corrected chi connectivity index (χ3v) is 9.47. The molecule has 0 aromatic carbocycles. The van der Waals surface area contributed by atoms with Gasteiger partial charge in [0.05, 0.1) is 31.9 Å². The smallest absolute Gasteiger partial charge is 0.410 e. The summed E-state index contributed by atoms with van der Waals surface area (Å²) in [5, 5.41) is 10.4. The fourth-order valence-electron chi connectivity index (χ4n) is 2.38. The molecule has 1 N–H and O–H groups in total. The summed E-state index contributed by atoms with van der Waals surface area (Å²) in [6, 6.07) is -0.285. The quantitative estimate of drug-likeness (QED) is 0.577. The van der Waals surface area contributed by atoms with E-state index < -0.39 is 26.1 Å². The Bertz CT molecular complexity index is 519. The second kappa shape index (κ2) is 8.42. The molecule has 1 amide bonds. The number of amides is 1. The van der Waals surface area contributed by atoms with Crippen LogP contribution >= 0.6 is 0 Å². The van der Waals surface area contributed by atoms with E-state index >= 15 is 0 Å². The molecule has 0 saturated carbocycles.